The smallest absolute Gasteiger partial charge is 0.321 e. The molecule has 0 unspecified atom stereocenters. The largest absolute Gasteiger partial charge is 0.336 e. The number of unbranched alkanes of at least 4 members (excludes halogenated alkanes) is 4. The molecule has 3 amide bonds. The molecule has 0 spiro atoms. The van der Waals surface area contributed by atoms with Crippen molar-refractivity contribution in [3.8, 4) is 0 Å². The van der Waals surface area contributed by atoms with Gasteiger partial charge in [-0.25, -0.2) is 4.79 Å². The van der Waals surface area contributed by atoms with Gasteiger partial charge in [-0.1, -0.05) is 32.6 Å². The molecule has 1 aromatic rings. The Labute approximate surface area is 132 Å². The Morgan fingerprint density at radius 1 is 1.18 bits per heavy atom. The van der Waals surface area contributed by atoms with Crippen LogP contribution in [-0.2, 0) is 4.79 Å². The van der Waals surface area contributed by atoms with Crippen molar-refractivity contribution in [1.29, 1.82) is 0 Å². The van der Waals surface area contributed by atoms with Gasteiger partial charge >= 0.3 is 6.03 Å². The van der Waals surface area contributed by atoms with Crippen LogP contribution in [0.4, 0.5) is 16.2 Å². The zero-order valence-corrected chi connectivity index (χ0v) is 13.2. The zero-order chi connectivity index (χ0) is 15.8. The van der Waals surface area contributed by atoms with Gasteiger partial charge < -0.3 is 10.6 Å². The summed E-state index contributed by atoms with van der Waals surface area (Å²) in [6, 6.07) is 7.35. The lowest BCUT2D eigenvalue weighted by molar-refractivity contribution is -0.116. The summed E-state index contributed by atoms with van der Waals surface area (Å²) in [4.78, 5) is 25.1. The van der Waals surface area contributed by atoms with Gasteiger partial charge in [0.2, 0.25) is 5.91 Å². The van der Waals surface area contributed by atoms with Gasteiger partial charge in [-0.2, -0.15) is 0 Å². The van der Waals surface area contributed by atoms with Gasteiger partial charge in [0.1, 0.15) is 0 Å². The standard InChI is InChI=1S/C17H25N3O2/c1-2-3-4-5-6-7-16(21)19-14-8-10-15(11-9-14)20-13-12-18-17(20)22/h8-11H,2-7,12-13H2,1H3,(H,18,22)(H,19,21). The van der Waals surface area contributed by atoms with E-state index in [1.165, 1.54) is 19.3 Å². The number of nitrogens with one attached hydrogen (secondary N) is 2. The first-order valence-corrected chi connectivity index (χ1v) is 8.16. The fourth-order valence-corrected chi connectivity index (χ4v) is 2.56. The van der Waals surface area contributed by atoms with Crippen molar-refractivity contribution in [3.05, 3.63) is 24.3 Å². The van der Waals surface area contributed by atoms with Gasteiger partial charge in [0, 0.05) is 30.9 Å². The second kappa shape index (κ2) is 8.41. The number of carbonyl (C=O) groups is 2. The molecule has 2 rings (SSSR count). The monoisotopic (exact) mass is 303 g/mol. The van der Waals surface area contributed by atoms with Crippen LogP contribution < -0.4 is 15.5 Å². The average Bonchev–Trinajstić information content (AvgIpc) is 2.94. The number of anilines is 2. The predicted octanol–water partition coefficient (Wildman–Crippen LogP) is 3.52. The van der Waals surface area contributed by atoms with Crippen molar-refractivity contribution in [2.75, 3.05) is 23.3 Å². The third kappa shape index (κ3) is 4.76. The summed E-state index contributed by atoms with van der Waals surface area (Å²) in [6.45, 7) is 3.54. The second-order valence-corrected chi connectivity index (χ2v) is 5.64. The minimum Gasteiger partial charge on any atom is -0.336 e. The van der Waals surface area contributed by atoms with E-state index in [-0.39, 0.29) is 11.9 Å². The first-order valence-electron chi connectivity index (χ1n) is 8.16. The van der Waals surface area contributed by atoms with E-state index in [0.29, 0.717) is 19.5 Å². The van der Waals surface area contributed by atoms with Gasteiger partial charge in [-0.05, 0) is 30.7 Å². The Morgan fingerprint density at radius 3 is 2.55 bits per heavy atom. The Balaban J connectivity index is 1.76. The van der Waals surface area contributed by atoms with Crippen LogP contribution in [-0.4, -0.2) is 25.0 Å². The first-order chi connectivity index (χ1) is 10.7. The van der Waals surface area contributed by atoms with E-state index in [1.807, 2.05) is 24.3 Å². The van der Waals surface area contributed by atoms with E-state index >= 15 is 0 Å². The molecule has 5 nitrogen and oxygen atoms in total. The maximum absolute atomic E-state index is 11.9. The van der Waals surface area contributed by atoms with Gasteiger partial charge in [0.15, 0.2) is 0 Å². The summed E-state index contributed by atoms with van der Waals surface area (Å²) < 4.78 is 0. The normalized spacial score (nSPS) is 14.0. The Kier molecular flexibility index (Phi) is 6.25. The summed E-state index contributed by atoms with van der Waals surface area (Å²) in [6.07, 6.45) is 6.29. The van der Waals surface area contributed by atoms with Crippen molar-refractivity contribution in [3.63, 3.8) is 0 Å². The minimum atomic E-state index is -0.0659. The molecule has 1 aromatic carbocycles. The number of urea groups is 1. The first kappa shape index (κ1) is 16.3. The summed E-state index contributed by atoms with van der Waals surface area (Å²) >= 11 is 0. The van der Waals surface area contributed by atoms with Crippen LogP contribution in [0.15, 0.2) is 24.3 Å². The Hall–Kier alpha value is -2.04. The molecular weight excluding hydrogens is 278 g/mol. The molecule has 5 heteroatoms. The highest BCUT2D eigenvalue weighted by Crippen LogP contribution is 2.19. The second-order valence-electron chi connectivity index (χ2n) is 5.64. The molecule has 0 bridgehead atoms. The van der Waals surface area contributed by atoms with Crippen LogP contribution in [0, 0.1) is 0 Å². The summed E-state index contributed by atoms with van der Waals surface area (Å²) in [5, 5.41) is 5.67. The Morgan fingerprint density at radius 2 is 1.91 bits per heavy atom. The van der Waals surface area contributed by atoms with Crippen molar-refractivity contribution in [2.24, 2.45) is 0 Å². The van der Waals surface area contributed by atoms with E-state index in [1.54, 1.807) is 4.90 Å². The molecule has 0 aromatic heterocycles. The van der Waals surface area contributed by atoms with E-state index in [4.69, 9.17) is 0 Å². The SMILES string of the molecule is CCCCCCCC(=O)Nc1ccc(N2CCNC2=O)cc1. The molecule has 1 saturated heterocycles. The van der Waals surface area contributed by atoms with Crippen LogP contribution in [0.3, 0.4) is 0 Å². The number of carbonyl (C=O) groups excluding carboxylic acids is 2. The zero-order valence-electron chi connectivity index (χ0n) is 13.2. The molecule has 0 saturated carbocycles. The highest BCUT2D eigenvalue weighted by molar-refractivity contribution is 5.95. The number of hydrogen-bond donors (Lipinski definition) is 2. The average molecular weight is 303 g/mol. The fraction of sp³-hybridized carbons (Fsp3) is 0.529. The van der Waals surface area contributed by atoms with Crippen LogP contribution in [0.25, 0.3) is 0 Å². The molecule has 2 N–H and O–H groups in total. The van der Waals surface area contributed by atoms with Crippen molar-refractivity contribution in [1.82, 2.24) is 5.32 Å². The molecule has 0 aliphatic carbocycles. The van der Waals surface area contributed by atoms with E-state index in [0.717, 1.165) is 24.2 Å². The molecular formula is C17H25N3O2. The van der Waals surface area contributed by atoms with Gasteiger partial charge in [-0.3, -0.25) is 9.69 Å². The number of hydrogen-bond acceptors (Lipinski definition) is 2. The van der Waals surface area contributed by atoms with E-state index < -0.39 is 0 Å². The van der Waals surface area contributed by atoms with Crippen molar-refractivity contribution >= 4 is 23.3 Å². The topological polar surface area (TPSA) is 61.4 Å². The van der Waals surface area contributed by atoms with Crippen molar-refractivity contribution in [2.45, 2.75) is 45.4 Å². The maximum Gasteiger partial charge on any atom is 0.321 e. The molecule has 1 aliphatic heterocycles. The molecule has 120 valence electrons. The van der Waals surface area contributed by atoms with Crippen LogP contribution in [0.1, 0.15) is 45.4 Å². The number of nitrogens with zero attached hydrogens (tertiary/aromatic N) is 1. The van der Waals surface area contributed by atoms with Crippen molar-refractivity contribution < 1.29 is 9.59 Å². The fourth-order valence-electron chi connectivity index (χ4n) is 2.56. The molecule has 0 radical (unpaired) electrons. The van der Waals surface area contributed by atoms with Gasteiger partial charge in [0.05, 0.1) is 0 Å². The van der Waals surface area contributed by atoms with E-state index in [2.05, 4.69) is 17.6 Å². The Bertz CT molecular complexity index is 499. The number of amides is 3. The van der Waals surface area contributed by atoms with Crippen LogP contribution in [0.5, 0.6) is 0 Å². The lowest BCUT2D eigenvalue weighted by atomic mass is 10.1. The molecule has 1 fully saturated rings. The summed E-state index contributed by atoms with van der Waals surface area (Å²) in [7, 11) is 0. The predicted molar refractivity (Wildman–Crippen MR) is 89.2 cm³/mol. The maximum atomic E-state index is 11.9. The highest BCUT2D eigenvalue weighted by atomic mass is 16.2. The molecule has 22 heavy (non-hydrogen) atoms. The lowest BCUT2D eigenvalue weighted by Crippen LogP contribution is -2.27. The molecule has 0 atom stereocenters. The van der Waals surface area contributed by atoms with Gasteiger partial charge in [-0.15, -0.1) is 0 Å². The highest BCUT2D eigenvalue weighted by Gasteiger charge is 2.20. The van der Waals surface area contributed by atoms with Gasteiger partial charge in [0.25, 0.3) is 0 Å². The summed E-state index contributed by atoms with van der Waals surface area (Å²) in [5.74, 6) is 0.0585. The number of benzene rings is 1. The van der Waals surface area contributed by atoms with E-state index in [9.17, 15) is 9.59 Å². The summed E-state index contributed by atoms with van der Waals surface area (Å²) in [5.41, 5.74) is 1.63. The number of rotatable bonds is 8. The lowest BCUT2D eigenvalue weighted by Gasteiger charge is -2.14. The van der Waals surface area contributed by atoms with Crippen LogP contribution >= 0.6 is 0 Å². The minimum absolute atomic E-state index is 0.0585. The molecule has 1 heterocycles. The molecule has 1 aliphatic rings. The third-order valence-corrected chi connectivity index (χ3v) is 3.83. The van der Waals surface area contributed by atoms with Crippen LogP contribution in [0.2, 0.25) is 0 Å². The quantitative estimate of drug-likeness (QED) is 0.722. The third-order valence-electron chi connectivity index (χ3n) is 3.83.